The molecule has 0 atom stereocenters. The quantitative estimate of drug-likeness (QED) is 0.908. The summed E-state index contributed by atoms with van der Waals surface area (Å²) in [7, 11) is 0. The van der Waals surface area contributed by atoms with Crippen molar-refractivity contribution in [2.45, 2.75) is 44.4 Å². The van der Waals surface area contributed by atoms with Crippen molar-refractivity contribution in [3.05, 3.63) is 63.8 Å². The van der Waals surface area contributed by atoms with Crippen LogP contribution in [0.3, 0.4) is 0 Å². The summed E-state index contributed by atoms with van der Waals surface area (Å²) in [6.45, 7) is 1.89. The van der Waals surface area contributed by atoms with Gasteiger partial charge in [0.25, 0.3) is 5.56 Å². The monoisotopic (exact) mass is 268 g/mol. The van der Waals surface area contributed by atoms with Gasteiger partial charge in [0.2, 0.25) is 0 Å². The van der Waals surface area contributed by atoms with Crippen LogP contribution in [-0.2, 0) is 5.41 Å². The van der Waals surface area contributed by atoms with Gasteiger partial charge in [-0.3, -0.25) is 4.79 Å². The molecule has 0 radical (unpaired) electrons. The molecule has 3 heteroatoms. The summed E-state index contributed by atoms with van der Waals surface area (Å²) in [6.07, 6.45) is 5.76. The first-order valence-corrected chi connectivity index (χ1v) is 7.35. The average molecular weight is 268 g/mol. The first-order valence-electron chi connectivity index (χ1n) is 7.35. The highest BCUT2D eigenvalue weighted by Crippen LogP contribution is 2.42. The molecule has 20 heavy (non-hydrogen) atoms. The van der Waals surface area contributed by atoms with E-state index < -0.39 is 0 Å². The highest BCUT2D eigenvalue weighted by Gasteiger charge is 2.37. The van der Waals surface area contributed by atoms with Crippen LogP contribution in [0.25, 0.3) is 0 Å². The Balaban J connectivity index is 2.17. The van der Waals surface area contributed by atoms with E-state index >= 15 is 0 Å². The van der Waals surface area contributed by atoms with E-state index in [0.29, 0.717) is 0 Å². The van der Waals surface area contributed by atoms with Gasteiger partial charge in [-0.2, -0.15) is 0 Å². The summed E-state index contributed by atoms with van der Waals surface area (Å²) in [5.41, 5.74) is 1.90. The number of aromatic nitrogens is 2. The lowest BCUT2D eigenvalue weighted by Gasteiger charge is -2.37. The summed E-state index contributed by atoms with van der Waals surface area (Å²) in [4.78, 5) is 19.5. The van der Waals surface area contributed by atoms with Gasteiger partial charge in [0, 0.05) is 11.8 Å². The van der Waals surface area contributed by atoms with Crippen LogP contribution >= 0.6 is 0 Å². The molecule has 1 aliphatic carbocycles. The van der Waals surface area contributed by atoms with E-state index in [9.17, 15) is 4.79 Å². The van der Waals surface area contributed by atoms with E-state index in [0.717, 1.165) is 24.4 Å². The Hall–Kier alpha value is -1.90. The zero-order valence-electron chi connectivity index (χ0n) is 11.9. The highest BCUT2D eigenvalue weighted by atomic mass is 16.1. The summed E-state index contributed by atoms with van der Waals surface area (Å²) < 4.78 is 0. The van der Waals surface area contributed by atoms with Gasteiger partial charge < -0.3 is 4.98 Å². The number of nitrogens with one attached hydrogen (secondary N) is 1. The predicted octanol–water partition coefficient (Wildman–Crippen LogP) is 3.33. The molecular weight excluding hydrogens is 248 g/mol. The molecule has 2 aromatic rings. The maximum Gasteiger partial charge on any atom is 0.251 e. The lowest BCUT2D eigenvalue weighted by Crippen LogP contribution is -2.34. The summed E-state index contributed by atoms with van der Waals surface area (Å²) in [5.74, 6) is 0.841. The number of rotatable bonds is 2. The topological polar surface area (TPSA) is 45.8 Å². The molecular formula is C17H20N2O. The van der Waals surface area contributed by atoms with Crippen molar-refractivity contribution in [2.75, 3.05) is 0 Å². The second-order valence-electron chi connectivity index (χ2n) is 5.74. The fraction of sp³-hybridized carbons (Fsp3) is 0.412. The van der Waals surface area contributed by atoms with Crippen LogP contribution in [0.1, 0.15) is 49.2 Å². The average Bonchev–Trinajstić information content (AvgIpc) is 2.48. The SMILES string of the molecule is Cc1cc(=O)[nH]c(C2(c3ccccc3)CCCCC2)n1. The molecule has 1 heterocycles. The van der Waals surface area contributed by atoms with Crippen molar-refractivity contribution >= 4 is 0 Å². The lowest BCUT2D eigenvalue weighted by molar-refractivity contribution is 0.329. The second kappa shape index (κ2) is 5.23. The molecule has 0 spiro atoms. The minimum absolute atomic E-state index is 0.0478. The third-order valence-electron chi connectivity index (χ3n) is 4.36. The standard InChI is InChI=1S/C17H20N2O/c1-13-12-15(20)19-16(18-13)17(10-6-3-7-11-17)14-8-4-2-5-9-14/h2,4-5,8-9,12H,3,6-7,10-11H2,1H3,(H,18,19,20). The fourth-order valence-electron chi connectivity index (χ4n) is 3.38. The van der Waals surface area contributed by atoms with Gasteiger partial charge in [0.1, 0.15) is 5.82 Å². The van der Waals surface area contributed by atoms with Crippen molar-refractivity contribution in [1.29, 1.82) is 0 Å². The number of benzene rings is 1. The molecule has 3 nitrogen and oxygen atoms in total. The number of hydrogen-bond donors (Lipinski definition) is 1. The Labute approximate surface area is 119 Å². The Bertz CT molecular complexity index is 640. The molecule has 1 aliphatic rings. The minimum atomic E-state index is -0.120. The van der Waals surface area contributed by atoms with Crippen molar-refractivity contribution in [1.82, 2.24) is 9.97 Å². The van der Waals surface area contributed by atoms with E-state index in [4.69, 9.17) is 0 Å². The molecule has 3 rings (SSSR count). The largest absolute Gasteiger partial charge is 0.310 e. The third kappa shape index (κ3) is 2.28. The van der Waals surface area contributed by atoms with Gasteiger partial charge >= 0.3 is 0 Å². The van der Waals surface area contributed by atoms with E-state index in [2.05, 4.69) is 34.2 Å². The molecule has 0 aliphatic heterocycles. The molecule has 1 aromatic carbocycles. The first-order chi connectivity index (χ1) is 9.71. The van der Waals surface area contributed by atoms with Gasteiger partial charge in [0.15, 0.2) is 0 Å². The zero-order valence-corrected chi connectivity index (χ0v) is 11.9. The van der Waals surface area contributed by atoms with Gasteiger partial charge in [-0.25, -0.2) is 4.98 Å². The predicted molar refractivity (Wildman–Crippen MR) is 79.9 cm³/mol. The van der Waals surface area contributed by atoms with Crippen LogP contribution in [0.2, 0.25) is 0 Å². The van der Waals surface area contributed by atoms with Crippen molar-refractivity contribution < 1.29 is 0 Å². The summed E-state index contributed by atoms with van der Waals surface area (Å²) >= 11 is 0. The zero-order chi connectivity index (χ0) is 14.0. The second-order valence-corrected chi connectivity index (χ2v) is 5.74. The first kappa shape index (κ1) is 13.1. The minimum Gasteiger partial charge on any atom is -0.310 e. The Morgan fingerprint density at radius 2 is 1.80 bits per heavy atom. The molecule has 0 bridgehead atoms. The van der Waals surface area contributed by atoms with E-state index in [-0.39, 0.29) is 11.0 Å². The molecule has 0 unspecified atom stereocenters. The van der Waals surface area contributed by atoms with E-state index in [1.54, 1.807) is 6.07 Å². The molecule has 1 fully saturated rings. The third-order valence-corrected chi connectivity index (χ3v) is 4.36. The molecule has 0 saturated heterocycles. The number of nitrogens with zero attached hydrogens (tertiary/aromatic N) is 1. The fourth-order valence-corrected chi connectivity index (χ4v) is 3.38. The number of aryl methyl sites for hydroxylation is 1. The molecule has 0 amide bonds. The number of hydrogen-bond acceptors (Lipinski definition) is 2. The van der Waals surface area contributed by atoms with E-state index in [1.807, 2.05) is 13.0 Å². The van der Waals surface area contributed by atoms with Crippen LogP contribution in [0.4, 0.5) is 0 Å². The Morgan fingerprint density at radius 1 is 1.10 bits per heavy atom. The van der Waals surface area contributed by atoms with Crippen LogP contribution in [0.15, 0.2) is 41.2 Å². The van der Waals surface area contributed by atoms with Gasteiger partial charge in [-0.1, -0.05) is 49.6 Å². The molecule has 104 valence electrons. The number of H-pyrrole nitrogens is 1. The summed E-state index contributed by atoms with van der Waals surface area (Å²) in [5, 5.41) is 0. The van der Waals surface area contributed by atoms with Crippen molar-refractivity contribution in [3.63, 3.8) is 0 Å². The van der Waals surface area contributed by atoms with E-state index in [1.165, 1.54) is 24.8 Å². The highest BCUT2D eigenvalue weighted by molar-refractivity contribution is 5.33. The van der Waals surface area contributed by atoms with Crippen molar-refractivity contribution in [2.24, 2.45) is 0 Å². The molecule has 1 aromatic heterocycles. The van der Waals surface area contributed by atoms with Crippen LogP contribution < -0.4 is 5.56 Å². The Morgan fingerprint density at radius 3 is 2.45 bits per heavy atom. The van der Waals surface area contributed by atoms with Crippen LogP contribution in [-0.4, -0.2) is 9.97 Å². The van der Waals surface area contributed by atoms with Crippen molar-refractivity contribution in [3.8, 4) is 0 Å². The summed E-state index contributed by atoms with van der Waals surface area (Å²) in [6, 6.07) is 12.1. The van der Waals surface area contributed by atoms with Crippen LogP contribution in [0.5, 0.6) is 0 Å². The maximum absolute atomic E-state index is 11.8. The molecule has 1 saturated carbocycles. The van der Waals surface area contributed by atoms with Gasteiger partial charge in [0.05, 0.1) is 5.41 Å². The van der Waals surface area contributed by atoms with Gasteiger partial charge in [-0.15, -0.1) is 0 Å². The smallest absolute Gasteiger partial charge is 0.251 e. The van der Waals surface area contributed by atoms with Crippen LogP contribution in [0, 0.1) is 6.92 Å². The molecule has 1 N–H and O–H groups in total. The normalized spacial score (nSPS) is 17.9. The Kier molecular flexibility index (Phi) is 3.43. The maximum atomic E-state index is 11.8. The number of aromatic amines is 1. The van der Waals surface area contributed by atoms with Gasteiger partial charge in [-0.05, 0) is 25.3 Å². The lowest BCUT2D eigenvalue weighted by atomic mass is 9.68.